The van der Waals surface area contributed by atoms with Gasteiger partial charge in [-0.25, -0.2) is 4.79 Å². The van der Waals surface area contributed by atoms with Crippen LogP contribution in [0.1, 0.15) is 93.6 Å². The minimum absolute atomic E-state index is 0.118. The lowest BCUT2D eigenvalue weighted by Crippen LogP contribution is -2.54. The Labute approximate surface area is 282 Å². The molecule has 2 fully saturated rings. The highest BCUT2D eigenvalue weighted by Gasteiger charge is 2.49. The van der Waals surface area contributed by atoms with E-state index in [2.05, 4.69) is 50.9 Å². The Morgan fingerprint density at radius 1 is 1.13 bits per heavy atom. The lowest BCUT2D eigenvalue weighted by molar-refractivity contribution is -0.0409. The van der Waals surface area contributed by atoms with Crippen molar-refractivity contribution in [1.82, 2.24) is 0 Å². The maximum atomic E-state index is 12.7. The zero-order chi connectivity index (χ0) is 32.9. The highest BCUT2D eigenvalue weighted by molar-refractivity contribution is 6.74. The van der Waals surface area contributed by atoms with Crippen LogP contribution in [0.5, 0.6) is 5.75 Å². The number of hydrogen-bond donors (Lipinski definition) is 1. The number of rotatable bonds is 7. The van der Waals surface area contributed by atoms with Crippen molar-refractivity contribution in [3.05, 3.63) is 58.1 Å². The van der Waals surface area contributed by atoms with Crippen molar-refractivity contribution >= 4 is 31.6 Å². The number of methoxy groups -OCH3 is 1. The summed E-state index contributed by atoms with van der Waals surface area (Å²) < 4.78 is 19.2. The number of esters is 1. The van der Waals surface area contributed by atoms with Gasteiger partial charge >= 0.3 is 5.97 Å². The first-order valence-corrected chi connectivity index (χ1v) is 20.8. The first-order valence-electron chi connectivity index (χ1n) is 17.6. The van der Waals surface area contributed by atoms with E-state index in [4.69, 9.17) is 25.5 Å². The van der Waals surface area contributed by atoms with Crippen LogP contribution in [0.2, 0.25) is 23.2 Å². The van der Waals surface area contributed by atoms with Crippen molar-refractivity contribution in [2.75, 3.05) is 31.7 Å². The number of carbonyl (C=O) groups is 1. The molecular weight excluding hydrogens is 614 g/mol. The fourth-order valence-electron chi connectivity index (χ4n) is 8.45. The monoisotopic (exact) mass is 667 g/mol. The van der Waals surface area contributed by atoms with Gasteiger partial charge in [-0.05, 0) is 129 Å². The van der Waals surface area contributed by atoms with Gasteiger partial charge in [-0.2, -0.15) is 0 Å². The SMILES string of the molecule is COC(=O)c1ccc2c(c1)N(C[C@@H]1CC[C@H]1[C@H](O[Si](C)(C)C(C)(C)C)[C@@H]1CCC[C@@H](O)C1)C[C@@]1(CCCc3cc(Cl)ccc31)CO2. The molecule has 2 saturated carbocycles. The number of anilines is 1. The lowest BCUT2D eigenvalue weighted by atomic mass is 9.65. The van der Waals surface area contributed by atoms with E-state index in [0.717, 1.165) is 87.3 Å². The van der Waals surface area contributed by atoms with Gasteiger partial charge in [0.1, 0.15) is 5.75 Å². The van der Waals surface area contributed by atoms with Gasteiger partial charge in [-0.1, -0.05) is 44.9 Å². The predicted molar refractivity (Wildman–Crippen MR) is 188 cm³/mol. The summed E-state index contributed by atoms with van der Waals surface area (Å²) in [5, 5.41) is 11.6. The van der Waals surface area contributed by atoms with Crippen molar-refractivity contribution in [1.29, 1.82) is 0 Å². The number of aliphatic hydroxyl groups is 1. The van der Waals surface area contributed by atoms with Crippen LogP contribution in [0, 0.1) is 17.8 Å². The van der Waals surface area contributed by atoms with Crippen molar-refractivity contribution in [2.45, 2.75) is 114 Å². The molecule has 2 aromatic rings. The van der Waals surface area contributed by atoms with Crippen LogP contribution in [0.4, 0.5) is 5.69 Å². The Hall–Kier alpha value is -2.06. The fourth-order valence-corrected chi connectivity index (χ4v) is 10.0. The number of nitrogens with zero attached hydrogens (tertiary/aromatic N) is 1. The molecule has 1 heterocycles. The topological polar surface area (TPSA) is 68.2 Å². The van der Waals surface area contributed by atoms with E-state index in [1.807, 2.05) is 24.3 Å². The third kappa shape index (κ3) is 6.63. The molecule has 0 radical (unpaired) electrons. The number of fused-ring (bicyclic) bond motifs is 3. The second-order valence-electron chi connectivity index (χ2n) is 16.2. The van der Waals surface area contributed by atoms with Crippen LogP contribution in [-0.4, -0.2) is 58.4 Å². The van der Waals surface area contributed by atoms with Gasteiger partial charge in [0.05, 0.1) is 37.2 Å². The van der Waals surface area contributed by atoms with E-state index >= 15 is 0 Å². The summed E-state index contributed by atoms with van der Waals surface area (Å²) in [5.74, 6) is 1.77. The second-order valence-corrected chi connectivity index (χ2v) is 21.4. The Bertz CT molecular complexity index is 1420. The molecule has 0 bridgehead atoms. The molecule has 0 unspecified atom stereocenters. The molecule has 6 rings (SSSR count). The number of hydrogen-bond acceptors (Lipinski definition) is 6. The zero-order valence-electron chi connectivity index (χ0n) is 28.7. The van der Waals surface area contributed by atoms with Gasteiger partial charge in [0, 0.05) is 23.5 Å². The van der Waals surface area contributed by atoms with E-state index in [0.29, 0.717) is 29.9 Å². The maximum absolute atomic E-state index is 12.7. The first kappa shape index (κ1) is 33.8. The van der Waals surface area contributed by atoms with E-state index in [1.54, 1.807) is 0 Å². The number of ether oxygens (including phenoxy) is 2. The first-order chi connectivity index (χ1) is 21.8. The molecule has 46 heavy (non-hydrogen) atoms. The zero-order valence-corrected chi connectivity index (χ0v) is 30.5. The van der Waals surface area contributed by atoms with Crippen LogP contribution in [-0.2, 0) is 21.0 Å². The molecule has 3 aliphatic carbocycles. The predicted octanol–water partition coefficient (Wildman–Crippen LogP) is 8.57. The Kier molecular flexibility index (Phi) is 9.63. The van der Waals surface area contributed by atoms with Gasteiger partial charge in [0.15, 0.2) is 8.32 Å². The maximum Gasteiger partial charge on any atom is 0.337 e. The van der Waals surface area contributed by atoms with Crippen LogP contribution in [0.25, 0.3) is 0 Å². The number of benzene rings is 2. The summed E-state index contributed by atoms with van der Waals surface area (Å²) in [5.41, 5.74) is 4.01. The van der Waals surface area contributed by atoms with Crippen LogP contribution >= 0.6 is 11.6 Å². The van der Waals surface area contributed by atoms with E-state index in [-0.39, 0.29) is 28.6 Å². The van der Waals surface area contributed by atoms with Crippen molar-refractivity contribution in [3.8, 4) is 5.75 Å². The molecule has 0 saturated heterocycles. The quantitative estimate of drug-likeness (QED) is 0.236. The third-order valence-corrected chi connectivity index (χ3v) is 16.9. The van der Waals surface area contributed by atoms with Gasteiger partial charge in [0.2, 0.25) is 0 Å². The summed E-state index contributed by atoms with van der Waals surface area (Å²) in [6.07, 6.45) is 9.34. The van der Waals surface area contributed by atoms with Crippen molar-refractivity contribution < 1.29 is 23.8 Å². The smallest absolute Gasteiger partial charge is 0.337 e. The summed E-state index contributed by atoms with van der Waals surface area (Å²) in [7, 11) is -0.609. The second kappa shape index (κ2) is 13.1. The number of carbonyl (C=O) groups excluding carboxylic acids is 1. The summed E-state index contributed by atoms with van der Waals surface area (Å²) >= 11 is 6.48. The molecule has 1 N–H and O–H groups in total. The Balaban J connectivity index is 1.35. The highest BCUT2D eigenvalue weighted by Crippen LogP contribution is 2.50. The molecule has 0 aromatic heterocycles. The minimum atomic E-state index is -2.04. The van der Waals surface area contributed by atoms with Crippen LogP contribution < -0.4 is 9.64 Å². The molecule has 1 aliphatic heterocycles. The molecule has 8 heteroatoms. The molecule has 6 atom stereocenters. The molecular formula is C38H54ClNO5Si. The van der Waals surface area contributed by atoms with E-state index in [1.165, 1.54) is 18.2 Å². The fraction of sp³-hybridized carbons (Fsp3) is 0.658. The molecule has 0 amide bonds. The Morgan fingerprint density at radius 2 is 1.93 bits per heavy atom. The van der Waals surface area contributed by atoms with Crippen molar-refractivity contribution in [3.63, 3.8) is 0 Å². The van der Waals surface area contributed by atoms with E-state index in [9.17, 15) is 9.90 Å². The largest absolute Gasteiger partial charge is 0.490 e. The summed E-state index contributed by atoms with van der Waals surface area (Å²) in [4.78, 5) is 15.2. The van der Waals surface area contributed by atoms with E-state index < -0.39 is 8.32 Å². The molecule has 2 aromatic carbocycles. The molecule has 6 nitrogen and oxygen atoms in total. The Morgan fingerprint density at radius 3 is 2.63 bits per heavy atom. The normalized spacial score (nSPS) is 28.7. The van der Waals surface area contributed by atoms with Gasteiger partial charge in [-0.15, -0.1) is 0 Å². The lowest BCUT2D eigenvalue weighted by Gasteiger charge is -2.52. The summed E-state index contributed by atoms with van der Waals surface area (Å²) in [6.45, 7) is 14.0. The molecule has 252 valence electrons. The van der Waals surface area contributed by atoms with Gasteiger partial charge in [-0.3, -0.25) is 0 Å². The van der Waals surface area contributed by atoms with Crippen LogP contribution in [0.3, 0.4) is 0 Å². The number of halogens is 1. The highest BCUT2D eigenvalue weighted by atomic mass is 35.5. The van der Waals surface area contributed by atoms with Crippen molar-refractivity contribution in [2.24, 2.45) is 17.8 Å². The molecule has 4 aliphatic rings. The average molecular weight is 668 g/mol. The average Bonchev–Trinajstić information content (AvgIpc) is 3.14. The standard InChI is InChI=1S/C38H54ClNO5Si/c1-37(2,3)46(5,6)45-35(26-9-7-11-30(41)20-26)31-15-12-28(31)22-40-23-38(18-8-10-25-19-29(39)14-16-32(25)38)24-44-34-17-13-27(21-33(34)40)36(42)43-4/h13-14,16-17,19,21,26,28,30-31,35,41H,7-12,15,18,20,22-24H2,1-6H3/t26-,28+,30-,31-,35-,38+/m1/s1. The van der Waals surface area contributed by atoms with Crippen LogP contribution in [0.15, 0.2) is 36.4 Å². The number of aliphatic hydroxyl groups excluding tert-OH is 1. The number of aryl methyl sites for hydroxylation is 1. The van der Waals surface area contributed by atoms with Gasteiger partial charge < -0.3 is 23.9 Å². The van der Waals surface area contributed by atoms with Gasteiger partial charge in [0.25, 0.3) is 0 Å². The third-order valence-electron chi connectivity index (χ3n) is 12.2. The summed E-state index contributed by atoms with van der Waals surface area (Å²) in [6, 6.07) is 12.1. The molecule has 1 spiro atoms. The minimum Gasteiger partial charge on any atom is -0.490 e.